The van der Waals surface area contributed by atoms with Crippen LogP contribution in [0.1, 0.15) is 46.5 Å². The maximum absolute atomic E-state index is 6.20. The largest absolute Gasteiger partial charge is 0.374 e. The zero-order valence-corrected chi connectivity index (χ0v) is 15.7. The van der Waals surface area contributed by atoms with E-state index in [9.17, 15) is 0 Å². The van der Waals surface area contributed by atoms with Crippen molar-refractivity contribution in [2.45, 2.75) is 58.1 Å². The highest BCUT2D eigenvalue weighted by molar-refractivity contribution is 7.99. The van der Waals surface area contributed by atoms with E-state index in [-0.39, 0.29) is 5.60 Å². The van der Waals surface area contributed by atoms with Crippen molar-refractivity contribution in [2.24, 2.45) is 11.8 Å². The van der Waals surface area contributed by atoms with Gasteiger partial charge in [-0.2, -0.15) is 23.5 Å². The Bertz CT molecular complexity index is 293. The summed E-state index contributed by atoms with van der Waals surface area (Å²) in [5.41, 5.74) is 0.225. The van der Waals surface area contributed by atoms with Crippen LogP contribution in [-0.4, -0.2) is 47.8 Å². The molecule has 2 heterocycles. The Morgan fingerprint density at radius 2 is 2.24 bits per heavy atom. The molecule has 0 saturated carbocycles. The Kier molecular flexibility index (Phi) is 7.74. The second-order valence-electron chi connectivity index (χ2n) is 7.08. The van der Waals surface area contributed by atoms with Crippen molar-refractivity contribution in [3.63, 3.8) is 0 Å². The van der Waals surface area contributed by atoms with Gasteiger partial charge in [0.05, 0.1) is 5.60 Å². The van der Waals surface area contributed by atoms with E-state index in [0.29, 0.717) is 6.04 Å². The van der Waals surface area contributed by atoms with Gasteiger partial charge in [-0.1, -0.05) is 20.8 Å². The molecule has 2 aliphatic rings. The smallest absolute Gasteiger partial charge is 0.0783 e. The van der Waals surface area contributed by atoms with Crippen LogP contribution in [0.5, 0.6) is 0 Å². The molecule has 4 heteroatoms. The number of rotatable bonds is 8. The molecule has 0 aliphatic carbocycles. The maximum atomic E-state index is 6.20. The Morgan fingerprint density at radius 1 is 1.38 bits per heavy atom. The fourth-order valence-corrected chi connectivity index (χ4v) is 6.02. The summed E-state index contributed by atoms with van der Waals surface area (Å²) < 4.78 is 6.20. The number of hydrogen-bond acceptors (Lipinski definition) is 4. The molecule has 0 aromatic carbocycles. The monoisotopic (exact) mass is 331 g/mol. The van der Waals surface area contributed by atoms with E-state index in [1.807, 2.05) is 0 Å². The molecule has 21 heavy (non-hydrogen) atoms. The third kappa shape index (κ3) is 5.63. The molecule has 2 saturated heterocycles. The third-order valence-electron chi connectivity index (χ3n) is 4.57. The number of nitrogens with one attached hydrogen (secondary N) is 1. The molecule has 2 nitrogen and oxygen atoms in total. The Labute approximate surface area is 139 Å². The zero-order valence-electron chi connectivity index (χ0n) is 14.0. The van der Waals surface area contributed by atoms with E-state index in [0.717, 1.165) is 25.0 Å². The lowest BCUT2D eigenvalue weighted by atomic mass is 9.81. The van der Waals surface area contributed by atoms with Crippen molar-refractivity contribution >= 4 is 23.5 Å². The first kappa shape index (κ1) is 18.0. The third-order valence-corrected chi connectivity index (χ3v) is 7.29. The van der Waals surface area contributed by atoms with Crippen LogP contribution in [0, 0.1) is 11.8 Å². The Hall–Kier alpha value is 0.620. The predicted molar refractivity (Wildman–Crippen MR) is 97.6 cm³/mol. The summed E-state index contributed by atoms with van der Waals surface area (Å²) in [4.78, 5) is 0. The van der Waals surface area contributed by atoms with Crippen LogP contribution >= 0.6 is 23.5 Å². The molecule has 3 atom stereocenters. The fraction of sp³-hybridized carbons (Fsp3) is 1.00. The summed E-state index contributed by atoms with van der Waals surface area (Å²) in [6.07, 6.45) is 5.03. The van der Waals surface area contributed by atoms with Crippen LogP contribution in [0.15, 0.2) is 0 Å². The topological polar surface area (TPSA) is 21.3 Å². The maximum Gasteiger partial charge on any atom is 0.0783 e. The van der Waals surface area contributed by atoms with Gasteiger partial charge in [-0.3, -0.25) is 0 Å². The normalized spacial score (nSPS) is 31.1. The van der Waals surface area contributed by atoms with Crippen molar-refractivity contribution in [1.82, 2.24) is 5.32 Å². The van der Waals surface area contributed by atoms with Gasteiger partial charge >= 0.3 is 0 Å². The number of ether oxygens (including phenoxy) is 1. The lowest BCUT2D eigenvalue weighted by molar-refractivity contribution is -0.0838. The average Bonchev–Trinajstić information content (AvgIpc) is 2.90. The molecule has 3 unspecified atom stereocenters. The first-order valence-electron chi connectivity index (χ1n) is 8.68. The van der Waals surface area contributed by atoms with Gasteiger partial charge in [0.2, 0.25) is 0 Å². The summed E-state index contributed by atoms with van der Waals surface area (Å²) in [5.74, 6) is 6.68. The SMILES string of the molecule is CCCNC(CSCC(C)C)C1CCOC2(CCSC2)C1. The molecule has 0 aromatic heterocycles. The molecule has 1 N–H and O–H groups in total. The predicted octanol–water partition coefficient (Wildman–Crippen LogP) is 4.05. The molecule has 2 fully saturated rings. The van der Waals surface area contributed by atoms with Gasteiger partial charge in [0.15, 0.2) is 0 Å². The van der Waals surface area contributed by atoms with Crippen molar-refractivity contribution in [3.8, 4) is 0 Å². The minimum absolute atomic E-state index is 0.225. The first-order chi connectivity index (χ1) is 10.2. The van der Waals surface area contributed by atoms with Crippen LogP contribution in [0.4, 0.5) is 0 Å². The van der Waals surface area contributed by atoms with Gasteiger partial charge in [-0.15, -0.1) is 0 Å². The van der Waals surface area contributed by atoms with Crippen LogP contribution < -0.4 is 5.32 Å². The number of hydrogen-bond donors (Lipinski definition) is 1. The molecule has 2 rings (SSSR count). The molecule has 2 aliphatic heterocycles. The lowest BCUT2D eigenvalue weighted by Crippen LogP contribution is -2.48. The molecule has 0 amide bonds. The first-order valence-corrected chi connectivity index (χ1v) is 11.0. The summed E-state index contributed by atoms with van der Waals surface area (Å²) in [7, 11) is 0. The summed E-state index contributed by atoms with van der Waals surface area (Å²) >= 11 is 4.22. The molecule has 0 aromatic rings. The highest BCUT2D eigenvalue weighted by atomic mass is 32.2. The fourth-order valence-electron chi connectivity index (χ4n) is 3.39. The second-order valence-corrected chi connectivity index (χ2v) is 9.26. The van der Waals surface area contributed by atoms with E-state index < -0.39 is 0 Å². The molecule has 0 bridgehead atoms. The van der Waals surface area contributed by atoms with E-state index in [2.05, 4.69) is 49.6 Å². The van der Waals surface area contributed by atoms with Gasteiger partial charge in [-0.25, -0.2) is 0 Å². The van der Waals surface area contributed by atoms with Crippen LogP contribution in [0.25, 0.3) is 0 Å². The van der Waals surface area contributed by atoms with Gasteiger partial charge in [0, 0.05) is 24.2 Å². The quantitative estimate of drug-likeness (QED) is 0.724. The summed E-state index contributed by atoms with van der Waals surface area (Å²) in [6.45, 7) is 9.04. The highest BCUT2D eigenvalue weighted by Crippen LogP contribution is 2.41. The van der Waals surface area contributed by atoms with E-state index in [1.54, 1.807) is 0 Å². The van der Waals surface area contributed by atoms with Crippen molar-refractivity contribution in [2.75, 3.05) is 36.2 Å². The summed E-state index contributed by atoms with van der Waals surface area (Å²) in [5, 5.41) is 3.84. The minimum Gasteiger partial charge on any atom is -0.374 e. The molecular weight excluding hydrogens is 298 g/mol. The van der Waals surface area contributed by atoms with E-state index >= 15 is 0 Å². The van der Waals surface area contributed by atoms with Crippen LogP contribution in [0.3, 0.4) is 0 Å². The Morgan fingerprint density at radius 3 is 2.90 bits per heavy atom. The Balaban J connectivity index is 1.87. The minimum atomic E-state index is 0.225. The van der Waals surface area contributed by atoms with Crippen molar-refractivity contribution in [1.29, 1.82) is 0 Å². The molecular formula is C17H33NOS2. The average molecular weight is 332 g/mol. The van der Waals surface area contributed by atoms with Gasteiger partial charge in [0.1, 0.15) is 0 Å². The standard InChI is InChI=1S/C17H33NOS2/c1-4-7-18-16(12-21-11-14(2)3)15-5-8-19-17(10-15)6-9-20-13-17/h14-16,18H,4-13H2,1-3H3. The lowest BCUT2D eigenvalue weighted by Gasteiger charge is -2.41. The number of thioether (sulfide) groups is 2. The molecule has 0 radical (unpaired) electrons. The van der Waals surface area contributed by atoms with Crippen molar-refractivity contribution < 1.29 is 4.74 Å². The van der Waals surface area contributed by atoms with E-state index in [4.69, 9.17) is 4.74 Å². The highest BCUT2D eigenvalue weighted by Gasteiger charge is 2.42. The second kappa shape index (κ2) is 9.05. The van der Waals surface area contributed by atoms with Gasteiger partial charge in [-0.05, 0) is 55.6 Å². The van der Waals surface area contributed by atoms with E-state index in [1.165, 1.54) is 48.7 Å². The van der Waals surface area contributed by atoms with Crippen molar-refractivity contribution in [3.05, 3.63) is 0 Å². The summed E-state index contributed by atoms with van der Waals surface area (Å²) in [6, 6.07) is 0.681. The zero-order chi connectivity index (χ0) is 15.1. The van der Waals surface area contributed by atoms with Crippen LogP contribution in [-0.2, 0) is 4.74 Å². The van der Waals surface area contributed by atoms with Gasteiger partial charge in [0.25, 0.3) is 0 Å². The molecule has 124 valence electrons. The molecule has 1 spiro atoms. The van der Waals surface area contributed by atoms with Crippen LogP contribution in [0.2, 0.25) is 0 Å². The van der Waals surface area contributed by atoms with Gasteiger partial charge < -0.3 is 10.1 Å².